The molecule has 1 aromatic rings. The Morgan fingerprint density at radius 2 is 2.43 bits per heavy atom. The smallest absolute Gasteiger partial charge is 0.151 e. The van der Waals surface area contributed by atoms with Gasteiger partial charge in [-0.05, 0) is 13.1 Å². The van der Waals surface area contributed by atoms with Gasteiger partial charge < -0.3 is 5.32 Å². The van der Waals surface area contributed by atoms with Crippen molar-refractivity contribution in [2.75, 3.05) is 13.6 Å². The second-order valence-electron chi connectivity index (χ2n) is 2.78. The highest BCUT2D eigenvalue weighted by Gasteiger charge is 1.91. The summed E-state index contributed by atoms with van der Waals surface area (Å²) in [5.41, 5.74) is 1.34. The highest BCUT2D eigenvalue weighted by molar-refractivity contribution is 5.74. The normalized spacial score (nSPS) is 8.93. The minimum Gasteiger partial charge on any atom is -0.319 e. The number of aldehydes is 1. The average Bonchev–Trinajstić information content (AvgIpc) is 2.25. The molecule has 0 amide bonds. The van der Waals surface area contributed by atoms with E-state index in [2.05, 4.69) is 22.1 Å². The number of hydrogen-bond acceptors (Lipinski definition) is 3. The minimum atomic E-state index is 0.561. The topological polar surface area (TPSA) is 42.0 Å². The van der Waals surface area contributed by atoms with E-state index in [0.29, 0.717) is 5.56 Å². The zero-order chi connectivity index (χ0) is 10.2. The van der Waals surface area contributed by atoms with Crippen molar-refractivity contribution in [3.8, 4) is 11.8 Å². The Hall–Kier alpha value is -1.66. The molecule has 0 spiro atoms. The summed E-state index contributed by atoms with van der Waals surface area (Å²) >= 11 is 0. The molecule has 1 rings (SSSR count). The summed E-state index contributed by atoms with van der Waals surface area (Å²) in [7, 11) is 1.89. The summed E-state index contributed by atoms with van der Waals surface area (Å²) in [5, 5.41) is 3.00. The Morgan fingerprint density at radius 1 is 1.57 bits per heavy atom. The van der Waals surface area contributed by atoms with Gasteiger partial charge in [0.15, 0.2) is 6.29 Å². The van der Waals surface area contributed by atoms with E-state index < -0.39 is 0 Å². The second kappa shape index (κ2) is 5.90. The molecular formula is C11H12N2O. The van der Waals surface area contributed by atoms with E-state index >= 15 is 0 Å². The van der Waals surface area contributed by atoms with E-state index in [1.54, 1.807) is 12.3 Å². The summed E-state index contributed by atoms with van der Waals surface area (Å²) < 4.78 is 0. The van der Waals surface area contributed by atoms with Crippen LogP contribution < -0.4 is 5.32 Å². The number of nitrogens with one attached hydrogen (secondary N) is 1. The van der Waals surface area contributed by atoms with Gasteiger partial charge in [-0.1, -0.05) is 11.8 Å². The lowest BCUT2D eigenvalue weighted by Gasteiger charge is -1.91. The molecule has 1 heterocycles. The van der Waals surface area contributed by atoms with E-state index in [1.165, 1.54) is 6.20 Å². The molecule has 0 radical (unpaired) electrons. The van der Waals surface area contributed by atoms with Crippen LogP contribution in [-0.4, -0.2) is 24.9 Å². The monoisotopic (exact) mass is 188 g/mol. The number of pyridine rings is 1. The molecule has 0 bridgehead atoms. The molecule has 0 aromatic carbocycles. The van der Waals surface area contributed by atoms with Gasteiger partial charge in [-0.15, -0.1) is 0 Å². The van der Waals surface area contributed by atoms with Gasteiger partial charge >= 0.3 is 0 Å². The lowest BCUT2D eigenvalue weighted by atomic mass is 10.2. The number of carbonyl (C=O) groups is 1. The number of carbonyl (C=O) groups excluding carboxylic acids is 1. The molecule has 0 saturated heterocycles. The zero-order valence-electron chi connectivity index (χ0n) is 8.08. The number of hydrogen-bond donors (Lipinski definition) is 1. The molecule has 0 aliphatic rings. The standard InChI is InChI=1S/C11H12N2O/c1-12-5-3-2-4-10-6-11(9-14)8-13-7-10/h6-9,12H,3,5H2,1H3. The van der Waals surface area contributed by atoms with Crippen LogP contribution in [0.25, 0.3) is 0 Å². The first kappa shape index (κ1) is 10.4. The van der Waals surface area contributed by atoms with Crippen molar-refractivity contribution in [3.05, 3.63) is 29.6 Å². The number of rotatable bonds is 3. The third-order valence-electron chi connectivity index (χ3n) is 1.63. The number of nitrogens with zero attached hydrogens (tertiary/aromatic N) is 1. The van der Waals surface area contributed by atoms with Crippen LogP contribution >= 0.6 is 0 Å². The third-order valence-corrected chi connectivity index (χ3v) is 1.63. The van der Waals surface area contributed by atoms with Crippen molar-refractivity contribution in [3.63, 3.8) is 0 Å². The van der Waals surface area contributed by atoms with Crippen LogP contribution in [-0.2, 0) is 0 Å². The Morgan fingerprint density at radius 3 is 3.14 bits per heavy atom. The van der Waals surface area contributed by atoms with Crippen LogP contribution in [0.2, 0.25) is 0 Å². The fourth-order valence-electron chi connectivity index (χ4n) is 0.943. The predicted molar refractivity (Wildman–Crippen MR) is 55.0 cm³/mol. The van der Waals surface area contributed by atoms with Gasteiger partial charge in [-0.25, -0.2) is 0 Å². The molecule has 14 heavy (non-hydrogen) atoms. The average molecular weight is 188 g/mol. The first-order valence-corrected chi connectivity index (χ1v) is 4.40. The molecule has 1 aromatic heterocycles. The molecule has 0 fully saturated rings. The quantitative estimate of drug-likeness (QED) is 0.434. The number of aromatic nitrogens is 1. The Bertz CT molecular complexity index is 363. The molecule has 0 unspecified atom stereocenters. The molecule has 3 heteroatoms. The first-order valence-electron chi connectivity index (χ1n) is 4.40. The lowest BCUT2D eigenvalue weighted by Crippen LogP contribution is -2.05. The lowest BCUT2D eigenvalue weighted by molar-refractivity contribution is 0.112. The van der Waals surface area contributed by atoms with Gasteiger partial charge in [-0.2, -0.15) is 0 Å². The van der Waals surface area contributed by atoms with Crippen molar-refractivity contribution in [1.82, 2.24) is 10.3 Å². The molecule has 3 nitrogen and oxygen atoms in total. The summed E-state index contributed by atoms with van der Waals surface area (Å²) in [4.78, 5) is 14.3. The van der Waals surface area contributed by atoms with Gasteiger partial charge in [0.25, 0.3) is 0 Å². The van der Waals surface area contributed by atoms with Crippen molar-refractivity contribution >= 4 is 6.29 Å². The highest BCUT2D eigenvalue weighted by Crippen LogP contribution is 1.97. The SMILES string of the molecule is CNCCC#Cc1cncc(C=O)c1. The fraction of sp³-hybridized carbons (Fsp3) is 0.273. The van der Waals surface area contributed by atoms with Crippen molar-refractivity contribution in [1.29, 1.82) is 0 Å². The minimum absolute atomic E-state index is 0.561. The first-order chi connectivity index (χ1) is 6.86. The van der Waals surface area contributed by atoms with Crippen molar-refractivity contribution < 1.29 is 4.79 Å². The van der Waals surface area contributed by atoms with E-state index in [-0.39, 0.29) is 0 Å². The third kappa shape index (κ3) is 3.38. The van der Waals surface area contributed by atoms with Crippen LogP contribution in [0.3, 0.4) is 0 Å². The molecule has 0 aliphatic carbocycles. The van der Waals surface area contributed by atoms with Crippen LogP contribution in [0.15, 0.2) is 18.5 Å². The maximum absolute atomic E-state index is 10.4. The summed E-state index contributed by atoms with van der Waals surface area (Å²) in [6, 6.07) is 1.73. The van der Waals surface area contributed by atoms with E-state index in [9.17, 15) is 4.79 Å². The van der Waals surface area contributed by atoms with Crippen LogP contribution in [0, 0.1) is 11.8 Å². The molecule has 0 aliphatic heterocycles. The van der Waals surface area contributed by atoms with Gasteiger partial charge in [0, 0.05) is 36.5 Å². The predicted octanol–water partition coefficient (Wildman–Crippen LogP) is 0.855. The van der Waals surface area contributed by atoms with E-state index in [1.807, 2.05) is 7.05 Å². The maximum Gasteiger partial charge on any atom is 0.151 e. The summed E-state index contributed by atoms with van der Waals surface area (Å²) in [5.74, 6) is 5.93. The molecular weight excluding hydrogens is 176 g/mol. The Balaban J connectivity index is 2.64. The van der Waals surface area contributed by atoms with Crippen molar-refractivity contribution in [2.45, 2.75) is 6.42 Å². The van der Waals surface area contributed by atoms with Gasteiger partial charge in [0.2, 0.25) is 0 Å². The van der Waals surface area contributed by atoms with Crippen LogP contribution in [0.5, 0.6) is 0 Å². The summed E-state index contributed by atoms with van der Waals surface area (Å²) in [6.45, 7) is 0.869. The van der Waals surface area contributed by atoms with E-state index in [0.717, 1.165) is 24.8 Å². The zero-order valence-corrected chi connectivity index (χ0v) is 8.08. The molecule has 72 valence electrons. The molecule has 1 N–H and O–H groups in total. The second-order valence-corrected chi connectivity index (χ2v) is 2.78. The molecule has 0 saturated carbocycles. The molecule has 0 atom stereocenters. The Kier molecular flexibility index (Phi) is 4.39. The summed E-state index contributed by atoms with van der Waals surface area (Å²) in [6.07, 6.45) is 4.73. The van der Waals surface area contributed by atoms with Gasteiger partial charge in [0.1, 0.15) is 0 Å². The van der Waals surface area contributed by atoms with E-state index in [4.69, 9.17) is 0 Å². The van der Waals surface area contributed by atoms with Crippen molar-refractivity contribution in [2.24, 2.45) is 0 Å². The highest BCUT2D eigenvalue weighted by atomic mass is 16.1. The largest absolute Gasteiger partial charge is 0.319 e. The maximum atomic E-state index is 10.4. The Labute approximate surface area is 83.6 Å². The van der Waals surface area contributed by atoms with Crippen LogP contribution in [0.4, 0.5) is 0 Å². The fourth-order valence-corrected chi connectivity index (χ4v) is 0.943. The van der Waals surface area contributed by atoms with Gasteiger partial charge in [-0.3, -0.25) is 9.78 Å². The van der Waals surface area contributed by atoms with Crippen LogP contribution in [0.1, 0.15) is 22.3 Å². The van der Waals surface area contributed by atoms with Gasteiger partial charge in [0.05, 0.1) is 0 Å².